The molecule has 1 saturated heterocycles. The minimum Gasteiger partial charge on any atom is -0.354 e. The number of hydrogen-bond acceptors (Lipinski definition) is 4. The van der Waals surface area contributed by atoms with Crippen LogP contribution < -0.4 is 0 Å². The molecular weight excluding hydrogens is 351 g/mol. The van der Waals surface area contributed by atoms with Crippen LogP contribution in [0, 0.1) is 10.1 Å². The Labute approximate surface area is 144 Å². The van der Waals surface area contributed by atoms with E-state index in [1.807, 2.05) is 6.07 Å². The van der Waals surface area contributed by atoms with Crippen molar-refractivity contribution in [3.05, 3.63) is 69.9 Å². The van der Waals surface area contributed by atoms with E-state index in [0.717, 1.165) is 5.56 Å². The third-order valence-corrected chi connectivity index (χ3v) is 4.39. The number of benzene rings is 2. The van der Waals surface area contributed by atoms with E-state index < -0.39 is 23.3 Å². The summed E-state index contributed by atoms with van der Waals surface area (Å²) in [5, 5.41) is 15.4. The fourth-order valence-electron chi connectivity index (χ4n) is 2.96. The summed E-state index contributed by atoms with van der Waals surface area (Å²) in [5.41, 5.74) is -1.84. The second kappa shape index (κ2) is 5.53. The molecule has 1 aliphatic heterocycles. The van der Waals surface area contributed by atoms with Gasteiger partial charge < -0.3 is 4.74 Å². The van der Waals surface area contributed by atoms with Crippen LogP contribution in [0.15, 0.2) is 48.5 Å². The van der Waals surface area contributed by atoms with Crippen LogP contribution in [-0.4, -0.2) is 27.5 Å². The zero-order chi connectivity index (χ0) is 18.5. The third-order valence-electron chi connectivity index (χ3n) is 4.39. The zero-order valence-electron chi connectivity index (χ0n) is 13.2. The lowest BCUT2D eigenvalue weighted by Crippen LogP contribution is -2.31. The summed E-state index contributed by atoms with van der Waals surface area (Å²) in [6, 6.07) is 12.7. The van der Waals surface area contributed by atoms with Crippen molar-refractivity contribution in [3.8, 4) is 0 Å². The van der Waals surface area contributed by atoms with Gasteiger partial charge in [-0.2, -0.15) is 18.3 Å². The van der Waals surface area contributed by atoms with E-state index in [1.54, 1.807) is 24.3 Å². The lowest BCUT2D eigenvalue weighted by Gasteiger charge is -2.13. The SMILES string of the molecule is O=[N+]([O-])c1ccc2c(C3(C(F)(F)F)CO3)nn(Cc3ccccc3)c2c1. The highest BCUT2D eigenvalue weighted by atomic mass is 19.4. The molecule has 0 saturated carbocycles. The Morgan fingerprint density at radius 1 is 1.23 bits per heavy atom. The number of nitro benzene ring substituents is 1. The topological polar surface area (TPSA) is 73.5 Å². The minimum absolute atomic E-state index is 0.187. The maximum atomic E-state index is 13.5. The summed E-state index contributed by atoms with van der Waals surface area (Å²) in [5.74, 6) is 0. The first-order chi connectivity index (χ1) is 12.3. The molecule has 0 N–H and O–H groups in total. The molecule has 134 valence electrons. The monoisotopic (exact) mass is 363 g/mol. The summed E-state index contributed by atoms with van der Waals surface area (Å²) >= 11 is 0. The smallest absolute Gasteiger partial charge is 0.354 e. The molecule has 0 radical (unpaired) electrons. The van der Waals surface area contributed by atoms with Gasteiger partial charge in [-0.05, 0) is 11.6 Å². The number of hydrogen-bond donors (Lipinski definition) is 0. The molecule has 2 aromatic carbocycles. The summed E-state index contributed by atoms with van der Waals surface area (Å²) in [4.78, 5) is 10.5. The van der Waals surface area contributed by atoms with Crippen molar-refractivity contribution in [1.82, 2.24) is 9.78 Å². The molecule has 0 amide bonds. The zero-order valence-corrected chi connectivity index (χ0v) is 13.2. The van der Waals surface area contributed by atoms with Gasteiger partial charge in [-0.1, -0.05) is 30.3 Å². The molecule has 1 unspecified atom stereocenters. The molecule has 9 heteroatoms. The fraction of sp³-hybridized carbons (Fsp3) is 0.235. The van der Waals surface area contributed by atoms with Gasteiger partial charge in [-0.3, -0.25) is 14.8 Å². The normalized spacial score (nSPS) is 19.7. The van der Waals surface area contributed by atoms with Gasteiger partial charge in [-0.15, -0.1) is 0 Å². The maximum absolute atomic E-state index is 13.5. The van der Waals surface area contributed by atoms with Crippen LogP contribution >= 0.6 is 0 Å². The Morgan fingerprint density at radius 2 is 1.92 bits per heavy atom. The number of nitro groups is 1. The van der Waals surface area contributed by atoms with Crippen molar-refractivity contribution in [3.63, 3.8) is 0 Å². The van der Waals surface area contributed by atoms with Crippen molar-refractivity contribution >= 4 is 16.6 Å². The van der Waals surface area contributed by atoms with Gasteiger partial charge in [0.05, 0.1) is 23.6 Å². The number of nitrogens with zero attached hydrogens (tertiary/aromatic N) is 3. The standard InChI is InChI=1S/C17H12F3N3O3/c18-17(19,20)16(10-26-16)15-13-7-6-12(23(24)25)8-14(13)22(21-15)9-11-4-2-1-3-5-11/h1-8H,9-10H2. The number of non-ortho nitro benzene ring substituents is 1. The van der Waals surface area contributed by atoms with Crippen LogP contribution in [0.1, 0.15) is 11.3 Å². The molecule has 1 fully saturated rings. The summed E-state index contributed by atoms with van der Waals surface area (Å²) in [6.45, 7) is -0.322. The molecule has 1 aromatic heterocycles. The summed E-state index contributed by atoms with van der Waals surface area (Å²) in [7, 11) is 0. The average molecular weight is 363 g/mol. The van der Waals surface area contributed by atoms with Gasteiger partial charge in [0, 0.05) is 17.5 Å². The van der Waals surface area contributed by atoms with Gasteiger partial charge in [0.25, 0.3) is 5.69 Å². The molecule has 26 heavy (non-hydrogen) atoms. The van der Waals surface area contributed by atoms with Gasteiger partial charge in [0.15, 0.2) is 0 Å². The number of aromatic nitrogens is 2. The van der Waals surface area contributed by atoms with Crippen LogP contribution in [-0.2, 0) is 16.9 Å². The predicted molar refractivity (Wildman–Crippen MR) is 85.6 cm³/mol. The number of fused-ring (bicyclic) bond motifs is 1. The number of epoxide rings is 1. The largest absolute Gasteiger partial charge is 0.425 e. The van der Waals surface area contributed by atoms with Crippen molar-refractivity contribution in [2.45, 2.75) is 18.3 Å². The Kier molecular flexibility index (Phi) is 3.52. The Bertz CT molecular complexity index is 995. The van der Waals surface area contributed by atoms with E-state index in [0.29, 0.717) is 0 Å². The van der Waals surface area contributed by atoms with Crippen molar-refractivity contribution in [2.24, 2.45) is 0 Å². The lowest BCUT2D eigenvalue weighted by atomic mass is 10.0. The highest BCUT2D eigenvalue weighted by Crippen LogP contribution is 2.53. The summed E-state index contributed by atoms with van der Waals surface area (Å²) < 4.78 is 46.5. The first kappa shape index (κ1) is 16.5. The molecule has 0 spiro atoms. The van der Waals surface area contributed by atoms with Crippen LogP contribution in [0.25, 0.3) is 10.9 Å². The molecule has 2 heterocycles. The second-order valence-corrected chi connectivity index (χ2v) is 6.06. The Morgan fingerprint density at radius 3 is 2.50 bits per heavy atom. The van der Waals surface area contributed by atoms with Crippen molar-refractivity contribution < 1.29 is 22.8 Å². The molecule has 3 aromatic rings. The van der Waals surface area contributed by atoms with Crippen LogP contribution in [0.3, 0.4) is 0 Å². The van der Waals surface area contributed by atoms with Crippen molar-refractivity contribution in [2.75, 3.05) is 6.61 Å². The fourth-order valence-corrected chi connectivity index (χ4v) is 2.96. The van der Waals surface area contributed by atoms with Crippen LogP contribution in [0.5, 0.6) is 0 Å². The highest BCUT2D eigenvalue weighted by Gasteiger charge is 2.69. The molecule has 1 aliphatic rings. The maximum Gasteiger partial charge on any atom is 0.425 e. The average Bonchev–Trinajstić information content (AvgIpc) is 3.34. The first-order valence-electron chi connectivity index (χ1n) is 7.72. The molecule has 1 atom stereocenters. The molecule has 4 rings (SSSR count). The van der Waals surface area contributed by atoms with Crippen LogP contribution in [0.2, 0.25) is 0 Å². The van der Waals surface area contributed by atoms with E-state index in [2.05, 4.69) is 5.10 Å². The van der Waals surface area contributed by atoms with Gasteiger partial charge in [0.2, 0.25) is 5.60 Å². The lowest BCUT2D eigenvalue weighted by molar-refractivity contribution is -0.384. The molecule has 0 aliphatic carbocycles. The number of halogens is 3. The second-order valence-electron chi connectivity index (χ2n) is 6.06. The third kappa shape index (κ3) is 2.51. The quantitative estimate of drug-likeness (QED) is 0.402. The number of ether oxygens (including phenoxy) is 1. The van der Waals surface area contributed by atoms with Crippen molar-refractivity contribution in [1.29, 1.82) is 0 Å². The van der Waals surface area contributed by atoms with E-state index in [-0.39, 0.29) is 28.8 Å². The number of rotatable bonds is 4. The Balaban J connectivity index is 1.90. The predicted octanol–water partition coefficient (Wildman–Crippen LogP) is 3.78. The first-order valence-corrected chi connectivity index (χ1v) is 7.72. The van der Waals surface area contributed by atoms with Gasteiger partial charge in [-0.25, -0.2) is 0 Å². The summed E-state index contributed by atoms with van der Waals surface area (Å²) in [6.07, 6.45) is -4.62. The van der Waals surface area contributed by atoms with E-state index in [9.17, 15) is 23.3 Å². The number of alkyl halides is 3. The minimum atomic E-state index is -4.62. The highest BCUT2D eigenvalue weighted by molar-refractivity contribution is 5.85. The van der Waals surface area contributed by atoms with E-state index in [1.165, 1.54) is 22.9 Å². The van der Waals surface area contributed by atoms with Gasteiger partial charge in [0.1, 0.15) is 5.69 Å². The van der Waals surface area contributed by atoms with Gasteiger partial charge >= 0.3 is 6.18 Å². The van der Waals surface area contributed by atoms with E-state index in [4.69, 9.17) is 4.74 Å². The molecular formula is C17H12F3N3O3. The molecule has 6 nitrogen and oxygen atoms in total. The Hall–Kier alpha value is -2.94. The molecule has 0 bridgehead atoms. The van der Waals surface area contributed by atoms with E-state index >= 15 is 0 Å². The van der Waals surface area contributed by atoms with Crippen LogP contribution in [0.4, 0.5) is 18.9 Å².